The standard InChI is InChI=1S/C25H26F2N4O2/c26-20-11-18(12-21(27)14-20)17-33-23-5-9-31(25(32)15-23)22-3-4-24(19(13-22)16-28)29-6-10-30-7-1-2-8-30/h3-5,9,11-16,28-29H,1-2,6-8,10,17H2. The Morgan fingerprint density at radius 3 is 2.48 bits per heavy atom. The Hall–Kier alpha value is -3.52. The average Bonchev–Trinajstić information content (AvgIpc) is 3.31. The van der Waals surface area contributed by atoms with Crippen LogP contribution >= 0.6 is 0 Å². The first kappa shape index (κ1) is 22.7. The second kappa shape index (κ2) is 10.4. The van der Waals surface area contributed by atoms with Crippen molar-refractivity contribution in [2.75, 3.05) is 31.5 Å². The lowest BCUT2D eigenvalue weighted by Gasteiger charge is -2.17. The molecule has 1 aliphatic heterocycles. The number of hydrogen-bond donors (Lipinski definition) is 2. The number of nitrogens with one attached hydrogen (secondary N) is 2. The van der Waals surface area contributed by atoms with Crippen LogP contribution in [0.2, 0.25) is 0 Å². The SMILES string of the molecule is N=Cc1cc(-n2ccc(OCc3cc(F)cc(F)c3)cc2=O)ccc1NCCN1CCCC1. The molecule has 172 valence electrons. The minimum atomic E-state index is -0.681. The van der Waals surface area contributed by atoms with E-state index in [1.165, 1.54) is 41.8 Å². The highest BCUT2D eigenvalue weighted by Crippen LogP contribution is 2.19. The molecular formula is C25H26F2N4O2. The predicted molar refractivity (Wildman–Crippen MR) is 125 cm³/mol. The van der Waals surface area contributed by atoms with Crippen molar-refractivity contribution in [2.24, 2.45) is 0 Å². The summed E-state index contributed by atoms with van der Waals surface area (Å²) in [5.74, 6) is -1.06. The zero-order valence-corrected chi connectivity index (χ0v) is 18.2. The van der Waals surface area contributed by atoms with Crippen LogP contribution in [-0.4, -0.2) is 41.9 Å². The Morgan fingerprint density at radius 1 is 1.03 bits per heavy atom. The number of aromatic nitrogens is 1. The molecule has 0 amide bonds. The first-order valence-electron chi connectivity index (χ1n) is 10.9. The van der Waals surface area contributed by atoms with E-state index >= 15 is 0 Å². The van der Waals surface area contributed by atoms with Crippen LogP contribution in [0.3, 0.4) is 0 Å². The van der Waals surface area contributed by atoms with E-state index in [2.05, 4.69) is 10.2 Å². The summed E-state index contributed by atoms with van der Waals surface area (Å²) in [6, 6.07) is 11.6. The van der Waals surface area contributed by atoms with Crippen LogP contribution in [0.4, 0.5) is 14.5 Å². The lowest BCUT2D eigenvalue weighted by molar-refractivity contribution is 0.304. The molecular weight excluding hydrogens is 426 g/mol. The first-order chi connectivity index (χ1) is 16.0. The molecule has 0 bridgehead atoms. The summed E-state index contributed by atoms with van der Waals surface area (Å²) in [4.78, 5) is 15.1. The number of nitrogens with zero attached hydrogens (tertiary/aromatic N) is 2. The van der Waals surface area contributed by atoms with E-state index in [1.54, 1.807) is 18.3 Å². The smallest absolute Gasteiger partial charge is 0.258 e. The van der Waals surface area contributed by atoms with Crippen molar-refractivity contribution in [2.45, 2.75) is 19.4 Å². The van der Waals surface area contributed by atoms with Gasteiger partial charge in [0.15, 0.2) is 0 Å². The van der Waals surface area contributed by atoms with Gasteiger partial charge in [0.05, 0.1) is 0 Å². The average molecular weight is 453 g/mol. The van der Waals surface area contributed by atoms with Crippen LogP contribution in [0.15, 0.2) is 59.5 Å². The van der Waals surface area contributed by atoms with E-state index in [9.17, 15) is 13.6 Å². The van der Waals surface area contributed by atoms with Gasteiger partial charge in [-0.3, -0.25) is 9.36 Å². The van der Waals surface area contributed by atoms with Gasteiger partial charge in [0.1, 0.15) is 24.0 Å². The fraction of sp³-hybridized carbons (Fsp3) is 0.280. The molecule has 0 aliphatic carbocycles. The van der Waals surface area contributed by atoms with Crippen molar-refractivity contribution < 1.29 is 13.5 Å². The number of benzene rings is 2. The van der Waals surface area contributed by atoms with Crippen LogP contribution < -0.4 is 15.6 Å². The Labute approximate surface area is 190 Å². The van der Waals surface area contributed by atoms with E-state index in [1.807, 2.05) is 12.1 Å². The number of anilines is 1. The highest BCUT2D eigenvalue weighted by atomic mass is 19.1. The van der Waals surface area contributed by atoms with Gasteiger partial charge in [-0.1, -0.05) is 0 Å². The van der Waals surface area contributed by atoms with Crippen molar-refractivity contribution in [1.82, 2.24) is 9.47 Å². The third-order valence-electron chi connectivity index (χ3n) is 5.63. The van der Waals surface area contributed by atoms with Crippen LogP contribution in [-0.2, 0) is 6.61 Å². The summed E-state index contributed by atoms with van der Waals surface area (Å²) in [6.07, 6.45) is 5.35. The highest BCUT2D eigenvalue weighted by Gasteiger charge is 2.11. The number of ether oxygens (including phenoxy) is 1. The van der Waals surface area contributed by atoms with Crippen molar-refractivity contribution in [3.8, 4) is 11.4 Å². The maximum absolute atomic E-state index is 13.3. The second-order valence-electron chi connectivity index (χ2n) is 8.03. The van der Waals surface area contributed by atoms with Gasteiger partial charge >= 0.3 is 0 Å². The lowest BCUT2D eigenvalue weighted by Crippen LogP contribution is -2.26. The molecule has 2 N–H and O–H groups in total. The highest BCUT2D eigenvalue weighted by molar-refractivity contribution is 5.86. The van der Waals surface area contributed by atoms with Crippen LogP contribution in [0.5, 0.6) is 5.75 Å². The molecule has 0 saturated carbocycles. The van der Waals surface area contributed by atoms with Crippen LogP contribution in [0.25, 0.3) is 5.69 Å². The maximum atomic E-state index is 13.3. The van der Waals surface area contributed by atoms with Gasteiger partial charge < -0.3 is 20.4 Å². The summed E-state index contributed by atoms with van der Waals surface area (Å²) in [6.45, 7) is 3.97. The van der Waals surface area contributed by atoms with Crippen molar-refractivity contribution in [1.29, 1.82) is 5.41 Å². The van der Waals surface area contributed by atoms with E-state index in [4.69, 9.17) is 10.1 Å². The molecule has 0 spiro atoms. The van der Waals surface area contributed by atoms with Gasteiger partial charge in [-0.05, 0) is 67.9 Å². The molecule has 1 saturated heterocycles. The normalized spacial score (nSPS) is 13.8. The molecule has 2 aromatic carbocycles. The Morgan fingerprint density at radius 2 is 1.79 bits per heavy atom. The summed E-state index contributed by atoms with van der Waals surface area (Å²) in [7, 11) is 0. The third-order valence-corrected chi connectivity index (χ3v) is 5.63. The molecule has 0 radical (unpaired) electrons. The quantitative estimate of drug-likeness (QED) is 0.478. The van der Waals surface area contributed by atoms with E-state index in [0.717, 1.165) is 37.9 Å². The van der Waals surface area contributed by atoms with Crippen molar-refractivity contribution >= 4 is 11.9 Å². The van der Waals surface area contributed by atoms with E-state index in [0.29, 0.717) is 22.6 Å². The minimum absolute atomic E-state index is 0.0616. The van der Waals surface area contributed by atoms with Gasteiger partial charge in [0.2, 0.25) is 0 Å². The number of rotatable bonds is 9. The van der Waals surface area contributed by atoms with Gasteiger partial charge in [-0.15, -0.1) is 0 Å². The molecule has 1 aromatic heterocycles. The Balaban J connectivity index is 1.43. The molecule has 4 rings (SSSR count). The lowest BCUT2D eigenvalue weighted by atomic mass is 10.1. The minimum Gasteiger partial charge on any atom is -0.489 e. The largest absolute Gasteiger partial charge is 0.489 e. The summed E-state index contributed by atoms with van der Waals surface area (Å²) in [5, 5.41) is 11.1. The van der Waals surface area contributed by atoms with E-state index < -0.39 is 11.6 Å². The second-order valence-corrected chi connectivity index (χ2v) is 8.03. The van der Waals surface area contributed by atoms with E-state index in [-0.39, 0.29) is 12.2 Å². The fourth-order valence-corrected chi connectivity index (χ4v) is 3.96. The molecule has 2 heterocycles. The van der Waals surface area contributed by atoms with Crippen LogP contribution in [0.1, 0.15) is 24.0 Å². The van der Waals surface area contributed by atoms with Gasteiger partial charge in [-0.2, -0.15) is 0 Å². The summed E-state index contributed by atoms with van der Waals surface area (Å²) < 4.78 is 33.6. The van der Waals surface area contributed by atoms with Gasteiger partial charge in [0.25, 0.3) is 5.56 Å². The molecule has 3 aromatic rings. The zero-order chi connectivity index (χ0) is 23.2. The molecule has 0 atom stereocenters. The van der Waals surface area contributed by atoms with Gasteiger partial charge in [-0.25, -0.2) is 8.78 Å². The molecule has 6 nitrogen and oxygen atoms in total. The topological polar surface area (TPSA) is 70.3 Å². The predicted octanol–water partition coefficient (Wildman–Crippen LogP) is 4.20. The fourth-order valence-electron chi connectivity index (χ4n) is 3.96. The van der Waals surface area contributed by atoms with Crippen LogP contribution in [0, 0.1) is 17.0 Å². The Bertz CT molecular complexity index is 1170. The number of halogens is 2. The Kier molecular flexibility index (Phi) is 7.14. The monoisotopic (exact) mass is 452 g/mol. The number of likely N-dealkylation sites (tertiary alicyclic amines) is 1. The van der Waals surface area contributed by atoms with Gasteiger partial charge in [0, 0.05) is 54.6 Å². The molecule has 1 aliphatic rings. The first-order valence-corrected chi connectivity index (χ1v) is 10.9. The van der Waals surface area contributed by atoms with Crippen molar-refractivity contribution in [3.63, 3.8) is 0 Å². The van der Waals surface area contributed by atoms with Crippen molar-refractivity contribution in [3.05, 3.63) is 87.8 Å². The molecule has 33 heavy (non-hydrogen) atoms. The summed E-state index contributed by atoms with van der Waals surface area (Å²) >= 11 is 0. The third kappa shape index (κ3) is 5.84. The zero-order valence-electron chi connectivity index (χ0n) is 18.2. The molecule has 0 unspecified atom stereocenters. The molecule has 8 heteroatoms. The molecule has 1 fully saturated rings. The number of pyridine rings is 1. The maximum Gasteiger partial charge on any atom is 0.258 e. The summed E-state index contributed by atoms with van der Waals surface area (Å²) in [5.41, 5.74) is 2.18. The number of hydrogen-bond acceptors (Lipinski definition) is 5.